The lowest BCUT2D eigenvalue weighted by Gasteiger charge is -2.18. The minimum Gasteiger partial charge on any atom is -0.481 e. The monoisotopic (exact) mass is 442 g/mol. The average Bonchev–Trinajstić information content (AvgIpc) is 2.74. The van der Waals surface area contributed by atoms with E-state index in [2.05, 4.69) is 10.0 Å². The van der Waals surface area contributed by atoms with E-state index in [9.17, 15) is 17.6 Å². The van der Waals surface area contributed by atoms with Gasteiger partial charge in [-0.3, -0.25) is 9.52 Å². The highest BCUT2D eigenvalue weighted by molar-refractivity contribution is 7.92. The lowest BCUT2D eigenvalue weighted by Crippen LogP contribution is -2.32. The van der Waals surface area contributed by atoms with Crippen LogP contribution >= 0.6 is 0 Å². The first kappa shape index (κ1) is 22.3. The highest BCUT2D eigenvalue weighted by atomic mass is 32.2. The molecule has 3 rings (SSSR count). The predicted octanol–water partition coefficient (Wildman–Crippen LogP) is 4.73. The van der Waals surface area contributed by atoms with E-state index in [1.807, 2.05) is 32.0 Å². The number of anilines is 2. The molecule has 0 aliphatic heterocycles. The van der Waals surface area contributed by atoms with Crippen LogP contribution in [0.3, 0.4) is 0 Å². The van der Waals surface area contributed by atoms with Crippen molar-refractivity contribution in [1.82, 2.24) is 0 Å². The number of carbonyl (C=O) groups is 1. The van der Waals surface area contributed by atoms with Gasteiger partial charge < -0.3 is 10.1 Å². The lowest BCUT2D eigenvalue weighted by atomic mass is 10.2. The zero-order valence-electron chi connectivity index (χ0n) is 17.1. The van der Waals surface area contributed by atoms with Gasteiger partial charge in [0.15, 0.2) is 6.10 Å². The molecule has 0 saturated carbocycles. The summed E-state index contributed by atoms with van der Waals surface area (Å²) in [6.07, 6.45) is -0.244. The second kappa shape index (κ2) is 9.61. The molecule has 0 heterocycles. The van der Waals surface area contributed by atoms with Crippen molar-refractivity contribution in [3.8, 4) is 5.75 Å². The Morgan fingerprint density at radius 1 is 1.03 bits per heavy atom. The van der Waals surface area contributed by atoms with Gasteiger partial charge in [0.2, 0.25) is 0 Å². The standard InChI is InChI=1S/C23H23FN2O4S/c1-3-22(30-18-8-6-7-16(2)15-18)23(27)25-17-11-13-19(14-12-17)31(28,29)26-21-10-5-4-9-20(21)24/h4-15,22,26H,3H2,1-2H3,(H,25,27)/t22-/m1/s1. The van der Waals surface area contributed by atoms with E-state index in [4.69, 9.17) is 4.74 Å². The maximum Gasteiger partial charge on any atom is 0.265 e. The Hall–Kier alpha value is -3.39. The van der Waals surface area contributed by atoms with Gasteiger partial charge in [-0.25, -0.2) is 12.8 Å². The van der Waals surface area contributed by atoms with Gasteiger partial charge in [0.1, 0.15) is 11.6 Å². The first-order chi connectivity index (χ1) is 14.8. The molecule has 3 aromatic carbocycles. The van der Waals surface area contributed by atoms with Crippen LogP contribution in [0.25, 0.3) is 0 Å². The van der Waals surface area contributed by atoms with Gasteiger partial charge in [-0.05, 0) is 67.4 Å². The summed E-state index contributed by atoms with van der Waals surface area (Å²) in [6, 6.07) is 18.5. The van der Waals surface area contributed by atoms with Crippen LogP contribution in [0.2, 0.25) is 0 Å². The van der Waals surface area contributed by atoms with E-state index in [1.54, 1.807) is 6.07 Å². The van der Waals surface area contributed by atoms with E-state index < -0.39 is 21.9 Å². The van der Waals surface area contributed by atoms with Crippen molar-refractivity contribution in [1.29, 1.82) is 0 Å². The third kappa shape index (κ3) is 5.82. The second-order valence-electron chi connectivity index (χ2n) is 6.93. The van der Waals surface area contributed by atoms with Crippen LogP contribution in [0.5, 0.6) is 5.75 Å². The minimum atomic E-state index is -3.97. The van der Waals surface area contributed by atoms with Gasteiger partial charge >= 0.3 is 0 Å². The SMILES string of the molecule is CC[C@@H](Oc1cccc(C)c1)C(=O)Nc1ccc(S(=O)(=O)Nc2ccccc2F)cc1. The van der Waals surface area contributed by atoms with E-state index in [1.165, 1.54) is 48.5 Å². The summed E-state index contributed by atoms with van der Waals surface area (Å²) in [6.45, 7) is 3.77. The van der Waals surface area contributed by atoms with Gasteiger partial charge in [0.25, 0.3) is 15.9 Å². The molecule has 6 nitrogen and oxygen atoms in total. The molecule has 0 aliphatic rings. The van der Waals surface area contributed by atoms with Crippen LogP contribution < -0.4 is 14.8 Å². The van der Waals surface area contributed by atoms with Gasteiger partial charge in [-0.2, -0.15) is 0 Å². The molecule has 0 aromatic heterocycles. The van der Waals surface area contributed by atoms with Crippen molar-refractivity contribution in [2.75, 3.05) is 10.0 Å². The number of halogens is 1. The summed E-state index contributed by atoms with van der Waals surface area (Å²) in [7, 11) is -3.97. The number of ether oxygens (including phenoxy) is 1. The number of sulfonamides is 1. The van der Waals surface area contributed by atoms with Crippen LogP contribution in [0, 0.1) is 12.7 Å². The van der Waals surface area contributed by atoms with Crippen molar-refractivity contribution in [2.24, 2.45) is 0 Å². The number of para-hydroxylation sites is 1. The summed E-state index contributed by atoms with van der Waals surface area (Å²) in [5.41, 5.74) is 1.30. The number of nitrogens with one attached hydrogen (secondary N) is 2. The molecular formula is C23H23FN2O4S. The van der Waals surface area contributed by atoms with Crippen molar-refractivity contribution >= 4 is 27.3 Å². The number of hydrogen-bond acceptors (Lipinski definition) is 4. The van der Waals surface area contributed by atoms with Crippen LogP contribution in [-0.4, -0.2) is 20.4 Å². The Balaban J connectivity index is 1.67. The molecule has 2 N–H and O–H groups in total. The molecule has 3 aromatic rings. The number of rotatable bonds is 8. The molecule has 162 valence electrons. The van der Waals surface area contributed by atoms with Crippen molar-refractivity contribution < 1.29 is 22.3 Å². The van der Waals surface area contributed by atoms with Gasteiger partial charge in [0, 0.05) is 5.69 Å². The van der Waals surface area contributed by atoms with Crippen molar-refractivity contribution in [3.63, 3.8) is 0 Å². The molecule has 0 spiro atoms. The molecule has 1 atom stereocenters. The van der Waals surface area contributed by atoms with Gasteiger partial charge in [-0.15, -0.1) is 0 Å². The molecule has 31 heavy (non-hydrogen) atoms. The maximum atomic E-state index is 13.7. The first-order valence-electron chi connectivity index (χ1n) is 9.70. The maximum absolute atomic E-state index is 13.7. The zero-order valence-corrected chi connectivity index (χ0v) is 17.9. The van der Waals surface area contributed by atoms with Crippen molar-refractivity contribution in [3.05, 3.63) is 84.2 Å². The largest absolute Gasteiger partial charge is 0.481 e. The van der Waals surface area contributed by atoms with Gasteiger partial charge in [0.05, 0.1) is 10.6 Å². The Morgan fingerprint density at radius 2 is 1.74 bits per heavy atom. The van der Waals surface area contributed by atoms with E-state index in [0.29, 0.717) is 17.9 Å². The summed E-state index contributed by atoms with van der Waals surface area (Å²) in [5, 5.41) is 2.73. The number of amides is 1. The molecule has 0 unspecified atom stereocenters. The highest BCUT2D eigenvalue weighted by Gasteiger charge is 2.20. The molecule has 0 saturated heterocycles. The zero-order chi connectivity index (χ0) is 22.4. The fraction of sp³-hybridized carbons (Fsp3) is 0.174. The third-order valence-electron chi connectivity index (χ3n) is 4.48. The number of hydrogen-bond donors (Lipinski definition) is 2. The summed E-state index contributed by atoms with van der Waals surface area (Å²) >= 11 is 0. The van der Waals surface area contributed by atoms with Crippen LogP contribution in [0.4, 0.5) is 15.8 Å². The topological polar surface area (TPSA) is 84.5 Å². The van der Waals surface area contributed by atoms with Crippen LogP contribution in [-0.2, 0) is 14.8 Å². The highest BCUT2D eigenvalue weighted by Crippen LogP contribution is 2.21. The molecular weight excluding hydrogens is 419 g/mol. The second-order valence-corrected chi connectivity index (χ2v) is 8.61. The fourth-order valence-corrected chi connectivity index (χ4v) is 3.93. The molecule has 8 heteroatoms. The van der Waals surface area contributed by atoms with E-state index in [-0.39, 0.29) is 16.5 Å². The molecule has 0 radical (unpaired) electrons. The lowest BCUT2D eigenvalue weighted by molar-refractivity contribution is -0.122. The predicted molar refractivity (Wildman–Crippen MR) is 118 cm³/mol. The smallest absolute Gasteiger partial charge is 0.265 e. The Labute approximate surface area is 181 Å². The summed E-state index contributed by atoms with van der Waals surface area (Å²) in [4.78, 5) is 12.5. The molecule has 0 fully saturated rings. The van der Waals surface area contributed by atoms with Crippen LogP contribution in [0.15, 0.2) is 77.7 Å². The minimum absolute atomic E-state index is 0.0585. The summed E-state index contributed by atoms with van der Waals surface area (Å²) in [5.74, 6) is -0.416. The third-order valence-corrected chi connectivity index (χ3v) is 5.86. The number of benzene rings is 3. The molecule has 0 aliphatic carbocycles. The fourth-order valence-electron chi connectivity index (χ4n) is 2.86. The Kier molecular flexibility index (Phi) is 6.91. The summed E-state index contributed by atoms with van der Waals surface area (Å²) < 4.78 is 46.7. The van der Waals surface area contributed by atoms with Gasteiger partial charge in [-0.1, -0.05) is 31.2 Å². The van der Waals surface area contributed by atoms with E-state index >= 15 is 0 Å². The van der Waals surface area contributed by atoms with Crippen molar-refractivity contribution in [2.45, 2.75) is 31.3 Å². The normalized spacial score (nSPS) is 12.1. The number of aryl methyl sites for hydroxylation is 1. The number of carbonyl (C=O) groups excluding carboxylic acids is 1. The Bertz CT molecular complexity index is 1160. The quantitative estimate of drug-likeness (QED) is 0.528. The van der Waals surface area contributed by atoms with Crippen LogP contribution in [0.1, 0.15) is 18.9 Å². The molecule has 1 amide bonds. The average molecular weight is 443 g/mol. The molecule has 0 bridgehead atoms. The van der Waals surface area contributed by atoms with E-state index in [0.717, 1.165) is 5.56 Å². The first-order valence-corrected chi connectivity index (χ1v) is 11.2. The Morgan fingerprint density at radius 3 is 2.39 bits per heavy atom.